The van der Waals surface area contributed by atoms with E-state index in [1.54, 1.807) is 0 Å². The van der Waals surface area contributed by atoms with E-state index < -0.39 is 0 Å². The van der Waals surface area contributed by atoms with Gasteiger partial charge in [0.05, 0.1) is 39.5 Å². The maximum atomic E-state index is 6.75. The second-order valence-corrected chi connectivity index (χ2v) is 24.7. The summed E-state index contributed by atoms with van der Waals surface area (Å²) >= 11 is 0. The Morgan fingerprint density at radius 3 is 1.32 bits per heavy atom. The molecule has 7 heterocycles. The molecule has 0 saturated heterocycles. The molecule has 19 rings (SSSR count). The van der Waals surface area contributed by atoms with Crippen molar-refractivity contribution in [2.75, 3.05) is 0 Å². The molecule has 7 aromatic heterocycles. The fourth-order valence-electron chi connectivity index (χ4n) is 13.6. The second kappa shape index (κ2) is 23.2. The lowest BCUT2D eigenvalue weighted by Crippen LogP contribution is -1.98. The van der Waals surface area contributed by atoms with Crippen LogP contribution in [-0.4, -0.2) is 38.9 Å². The predicted octanol–water partition coefficient (Wildman–Crippen LogP) is 22.4. The van der Waals surface area contributed by atoms with E-state index in [4.69, 9.17) is 38.7 Å². The van der Waals surface area contributed by atoms with Gasteiger partial charge in [-0.05, 0) is 101 Å². The minimum atomic E-state index is 0.643. The van der Waals surface area contributed by atoms with Crippen molar-refractivity contribution in [3.05, 3.63) is 328 Å². The van der Waals surface area contributed by atoms with Crippen LogP contribution in [0, 0.1) is 0 Å². The highest BCUT2D eigenvalue weighted by Crippen LogP contribution is 2.41. The number of hydrogen-bond acceptors (Lipinski definition) is 8. The number of hydrogen-bond donors (Lipinski definition) is 0. The van der Waals surface area contributed by atoms with Crippen LogP contribution >= 0.6 is 0 Å². The third kappa shape index (κ3) is 10.1. The van der Waals surface area contributed by atoms with E-state index in [2.05, 4.69) is 276 Å². The first-order chi connectivity index (χ1) is 48.5. The molecule has 0 bridgehead atoms. The molecule has 19 aromatic rings. The summed E-state index contributed by atoms with van der Waals surface area (Å²) < 4.78 is 17.2. The van der Waals surface area contributed by atoms with Crippen LogP contribution in [-0.2, 0) is 0 Å². The summed E-state index contributed by atoms with van der Waals surface area (Å²) in [5.74, 6) is 2.16. The summed E-state index contributed by atoms with van der Waals surface area (Å²) in [5, 5.41) is 4.31. The van der Waals surface area contributed by atoms with Crippen LogP contribution < -0.4 is 0 Å². The van der Waals surface area contributed by atoms with E-state index in [0.29, 0.717) is 11.6 Å². The molecule has 0 aliphatic carbocycles. The van der Waals surface area contributed by atoms with Crippen LogP contribution in [0.25, 0.3) is 190 Å². The van der Waals surface area contributed by atoms with Crippen molar-refractivity contribution in [1.82, 2.24) is 38.9 Å². The normalized spacial score (nSPS) is 11.7. The lowest BCUT2D eigenvalue weighted by molar-refractivity contribution is 0.669. The average molecular weight is 1260 g/mol. The van der Waals surface area contributed by atoms with Crippen LogP contribution in [0.15, 0.2) is 337 Å². The number of pyridine rings is 1. The number of nitrogens with zero attached hydrogens (tertiary/aromatic N) is 8. The highest BCUT2D eigenvalue weighted by atomic mass is 16.3. The molecular formula is C88H54N8O2. The van der Waals surface area contributed by atoms with E-state index in [0.717, 1.165) is 178 Å². The first kappa shape index (κ1) is 56.1. The van der Waals surface area contributed by atoms with Crippen molar-refractivity contribution < 1.29 is 8.83 Å². The third-order valence-corrected chi connectivity index (χ3v) is 18.7. The highest BCUT2D eigenvalue weighted by molar-refractivity contribution is 6.11. The zero-order chi connectivity index (χ0) is 64.6. The molecular weight excluding hydrogens is 1200 g/mol. The minimum Gasteiger partial charge on any atom is -0.456 e. The fraction of sp³-hybridized carbons (Fsp3) is 0. The molecule has 0 aliphatic heterocycles. The maximum absolute atomic E-state index is 6.75. The zero-order valence-corrected chi connectivity index (χ0v) is 52.6. The topological polar surface area (TPSA) is 113 Å². The third-order valence-electron chi connectivity index (χ3n) is 18.7. The van der Waals surface area contributed by atoms with Crippen LogP contribution in [0.1, 0.15) is 0 Å². The maximum Gasteiger partial charge on any atom is 0.160 e. The zero-order valence-electron chi connectivity index (χ0n) is 52.6. The Labute approximate surface area is 562 Å². The van der Waals surface area contributed by atoms with Gasteiger partial charge in [0, 0.05) is 95.3 Å². The molecule has 0 unspecified atom stereocenters. The van der Waals surface area contributed by atoms with E-state index in [9.17, 15) is 0 Å². The molecule has 0 amide bonds. The Morgan fingerprint density at radius 1 is 0.255 bits per heavy atom. The lowest BCUT2D eigenvalue weighted by atomic mass is 9.99. The molecule has 0 spiro atoms. The van der Waals surface area contributed by atoms with E-state index in [-0.39, 0.29) is 0 Å². The number of benzene rings is 12. The summed E-state index contributed by atoms with van der Waals surface area (Å²) in [5.41, 5.74) is 25.8. The molecule has 0 atom stereocenters. The Hall–Kier alpha value is -13.4. The minimum absolute atomic E-state index is 0.643. The number of aromatic nitrogens is 8. The van der Waals surface area contributed by atoms with Gasteiger partial charge in [0.1, 0.15) is 33.8 Å². The fourth-order valence-corrected chi connectivity index (χ4v) is 13.6. The van der Waals surface area contributed by atoms with Gasteiger partial charge in [0.2, 0.25) is 0 Å². The predicted molar refractivity (Wildman–Crippen MR) is 395 cm³/mol. The van der Waals surface area contributed by atoms with Gasteiger partial charge in [-0.2, -0.15) is 0 Å². The van der Waals surface area contributed by atoms with Gasteiger partial charge in [-0.3, -0.25) is 4.57 Å². The largest absolute Gasteiger partial charge is 0.456 e. The van der Waals surface area contributed by atoms with Crippen molar-refractivity contribution in [1.29, 1.82) is 0 Å². The second-order valence-electron chi connectivity index (χ2n) is 24.7. The molecule has 0 N–H and O–H groups in total. The first-order valence-corrected chi connectivity index (χ1v) is 32.7. The summed E-state index contributed by atoms with van der Waals surface area (Å²) in [7, 11) is 0. The van der Waals surface area contributed by atoms with Gasteiger partial charge in [-0.1, -0.05) is 237 Å². The first-order valence-electron chi connectivity index (χ1n) is 32.7. The Balaban J connectivity index is 0.586. The SMILES string of the molecule is c1ccc(-c2cc(-c3ccc(-c4ccc5oc6ccccc6c5c4)cc3)nc(-c3ccc(-c4cn5cc(-c6cccc7c6oc6ccc(-c8ccc(-c9cc(-c%10ccccc%10)nc(-c%10ccc(-c%11nc%12ccccc%12n%11-c%11ccccc%11)cc%10)n9)cc8)cc67)ccc5n4)cc3)n2)cc1. The van der Waals surface area contributed by atoms with Gasteiger partial charge >= 0.3 is 0 Å². The molecule has 98 heavy (non-hydrogen) atoms. The Bertz CT molecular complexity index is 6260. The van der Waals surface area contributed by atoms with Gasteiger partial charge < -0.3 is 13.2 Å². The smallest absolute Gasteiger partial charge is 0.160 e. The van der Waals surface area contributed by atoms with Gasteiger partial charge in [-0.15, -0.1) is 0 Å². The van der Waals surface area contributed by atoms with Crippen LogP contribution in [0.2, 0.25) is 0 Å². The Kier molecular flexibility index (Phi) is 13.3. The number of imidazole rings is 2. The van der Waals surface area contributed by atoms with E-state index >= 15 is 0 Å². The molecule has 458 valence electrons. The van der Waals surface area contributed by atoms with Crippen molar-refractivity contribution in [3.63, 3.8) is 0 Å². The molecule has 10 nitrogen and oxygen atoms in total. The van der Waals surface area contributed by atoms with Crippen molar-refractivity contribution >= 4 is 60.6 Å². The molecule has 12 aromatic carbocycles. The molecule has 10 heteroatoms. The standard InChI is InChI=1S/C88H54N8O2/c1-4-15-57(16-5-1)75-51-77(59-31-27-55(28-32-59)65-43-46-82-72(49-65)70-21-10-13-26-81(70)97-82)92-86(90-75)62-37-35-61(36-38-62)79-54-95-53-67(45-48-84(95)89-79)69-22-14-23-71-73-50-66(44-47-83(73)98-85(69)71)56-29-33-60(34-30-56)78-52-76(58-17-6-2-7-18-58)91-87(93-78)63-39-41-64(42-40-63)88-94-74-24-11-12-25-80(74)96(88)68-19-8-3-9-20-68/h1-54H. The molecule has 0 fully saturated rings. The summed E-state index contributed by atoms with van der Waals surface area (Å²) in [6.07, 6.45) is 4.22. The summed E-state index contributed by atoms with van der Waals surface area (Å²) in [6.45, 7) is 0. The quantitative estimate of drug-likeness (QED) is 0.119. The van der Waals surface area contributed by atoms with Crippen LogP contribution in [0.5, 0.6) is 0 Å². The van der Waals surface area contributed by atoms with Crippen LogP contribution in [0.4, 0.5) is 0 Å². The molecule has 0 aliphatic rings. The molecule has 0 radical (unpaired) electrons. The number of fused-ring (bicyclic) bond motifs is 8. The van der Waals surface area contributed by atoms with Crippen molar-refractivity contribution in [2.24, 2.45) is 0 Å². The summed E-state index contributed by atoms with van der Waals surface area (Å²) in [4.78, 5) is 30.9. The van der Waals surface area contributed by atoms with Crippen LogP contribution in [0.3, 0.4) is 0 Å². The number of rotatable bonds is 12. The number of furan rings is 2. The molecule has 0 saturated carbocycles. The van der Waals surface area contributed by atoms with Gasteiger partial charge in [-0.25, -0.2) is 29.9 Å². The van der Waals surface area contributed by atoms with Crippen molar-refractivity contribution in [3.8, 4) is 130 Å². The van der Waals surface area contributed by atoms with Gasteiger partial charge in [0.15, 0.2) is 11.6 Å². The van der Waals surface area contributed by atoms with Gasteiger partial charge in [0.25, 0.3) is 0 Å². The van der Waals surface area contributed by atoms with E-state index in [1.165, 1.54) is 0 Å². The number of para-hydroxylation sites is 5. The summed E-state index contributed by atoms with van der Waals surface area (Å²) in [6, 6.07) is 109. The Morgan fingerprint density at radius 2 is 0.704 bits per heavy atom. The van der Waals surface area contributed by atoms with Crippen molar-refractivity contribution in [2.45, 2.75) is 0 Å². The highest BCUT2D eigenvalue weighted by Gasteiger charge is 2.20. The monoisotopic (exact) mass is 1250 g/mol. The average Bonchev–Trinajstić information content (AvgIpc) is 1.55. The van der Waals surface area contributed by atoms with E-state index in [1.807, 2.05) is 60.7 Å². The lowest BCUT2D eigenvalue weighted by Gasteiger charge is -2.12.